The lowest BCUT2D eigenvalue weighted by molar-refractivity contribution is 0.600. The average Bonchev–Trinajstić information content (AvgIpc) is 2.61. The Morgan fingerprint density at radius 1 is 1.30 bits per heavy atom. The van der Waals surface area contributed by atoms with Crippen LogP contribution in [0.3, 0.4) is 0 Å². The first-order chi connectivity index (χ1) is 9.20. The van der Waals surface area contributed by atoms with Crippen molar-refractivity contribution in [3.8, 4) is 0 Å². The minimum Gasteiger partial charge on any atom is -0.398 e. The van der Waals surface area contributed by atoms with Gasteiger partial charge in [0.05, 0.1) is 10.7 Å². The van der Waals surface area contributed by atoms with E-state index in [0.29, 0.717) is 17.2 Å². The maximum atomic E-state index is 12.4. The van der Waals surface area contributed by atoms with Crippen molar-refractivity contribution in [1.82, 2.24) is 9.78 Å². The van der Waals surface area contributed by atoms with Crippen LogP contribution in [-0.4, -0.2) is 18.2 Å². The molecular weight excluding hydrogens is 300 g/mol. The van der Waals surface area contributed by atoms with Crippen LogP contribution in [0.4, 0.5) is 11.5 Å². The van der Waals surface area contributed by atoms with Crippen LogP contribution in [0, 0.1) is 13.8 Å². The highest BCUT2D eigenvalue weighted by Gasteiger charge is 2.21. The normalized spacial score (nSPS) is 11.6. The lowest BCUT2D eigenvalue weighted by Gasteiger charge is -2.11. The highest BCUT2D eigenvalue weighted by molar-refractivity contribution is 7.92. The first-order valence-electron chi connectivity index (χ1n) is 5.80. The Bertz CT molecular complexity index is 768. The summed E-state index contributed by atoms with van der Waals surface area (Å²) in [6, 6.07) is 4.51. The lowest BCUT2D eigenvalue weighted by atomic mass is 10.2. The number of aryl methyl sites for hydroxylation is 3. The number of aromatic nitrogens is 2. The largest absolute Gasteiger partial charge is 0.398 e. The minimum atomic E-state index is -3.82. The van der Waals surface area contributed by atoms with Crippen molar-refractivity contribution in [3.05, 3.63) is 34.5 Å². The molecular formula is C12H15ClN4O2S. The van der Waals surface area contributed by atoms with Gasteiger partial charge in [-0.15, -0.1) is 0 Å². The molecule has 0 aliphatic rings. The van der Waals surface area contributed by atoms with Crippen LogP contribution in [0.5, 0.6) is 0 Å². The van der Waals surface area contributed by atoms with Crippen LogP contribution in [0.2, 0.25) is 5.02 Å². The van der Waals surface area contributed by atoms with E-state index in [9.17, 15) is 8.42 Å². The molecule has 0 amide bonds. The fraction of sp³-hybridized carbons (Fsp3) is 0.250. The quantitative estimate of drug-likeness (QED) is 0.849. The SMILES string of the molecule is Cc1cc(NS(=O)(=O)c2cc(N)c(C)cc2Cl)n(C)n1. The first kappa shape index (κ1) is 14.7. The molecule has 0 saturated heterocycles. The summed E-state index contributed by atoms with van der Waals surface area (Å²) in [6.45, 7) is 3.53. The molecule has 0 aliphatic carbocycles. The van der Waals surface area contributed by atoms with Crippen LogP contribution < -0.4 is 10.5 Å². The number of nitrogens with one attached hydrogen (secondary N) is 1. The van der Waals surface area contributed by atoms with Crippen molar-refractivity contribution in [2.45, 2.75) is 18.7 Å². The van der Waals surface area contributed by atoms with E-state index in [-0.39, 0.29) is 9.92 Å². The van der Waals surface area contributed by atoms with Gasteiger partial charge >= 0.3 is 0 Å². The number of hydrogen-bond donors (Lipinski definition) is 2. The van der Waals surface area contributed by atoms with Gasteiger partial charge in [-0.05, 0) is 31.5 Å². The van der Waals surface area contributed by atoms with Crippen molar-refractivity contribution < 1.29 is 8.42 Å². The van der Waals surface area contributed by atoms with Crippen molar-refractivity contribution >= 4 is 33.1 Å². The maximum Gasteiger partial charge on any atom is 0.264 e. The summed E-state index contributed by atoms with van der Waals surface area (Å²) in [5.41, 5.74) is 7.55. The van der Waals surface area contributed by atoms with E-state index in [1.165, 1.54) is 16.8 Å². The second-order valence-electron chi connectivity index (χ2n) is 4.54. The van der Waals surface area contributed by atoms with E-state index in [4.69, 9.17) is 17.3 Å². The number of anilines is 2. The molecule has 0 fully saturated rings. The molecule has 0 unspecified atom stereocenters. The fourth-order valence-electron chi connectivity index (χ4n) is 1.77. The topological polar surface area (TPSA) is 90.0 Å². The molecule has 0 spiro atoms. The third kappa shape index (κ3) is 2.73. The van der Waals surface area contributed by atoms with Gasteiger partial charge in [0.15, 0.2) is 0 Å². The molecule has 0 bridgehead atoms. The first-order valence-corrected chi connectivity index (χ1v) is 7.66. The molecule has 1 aromatic heterocycles. The number of halogens is 1. The highest BCUT2D eigenvalue weighted by atomic mass is 35.5. The molecule has 3 N–H and O–H groups in total. The van der Waals surface area contributed by atoms with Gasteiger partial charge in [0, 0.05) is 18.8 Å². The van der Waals surface area contributed by atoms with Gasteiger partial charge in [0.2, 0.25) is 0 Å². The van der Waals surface area contributed by atoms with Crippen LogP contribution in [-0.2, 0) is 17.1 Å². The number of hydrogen-bond acceptors (Lipinski definition) is 4. The van der Waals surface area contributed by atoms with E-state index in [0.717, 1.165) is 5.56 Å². The van der Waals surface area contributed by atoms with Gasteiger partial charge in [-0.2, -0.15) is 5.10 Å². The Balaban J connectivity index is 2.46. The molecule has 8 heteroatoms. The Labute approximate surface area is 122 Å². The average molecular weight is 315 g/mol. The molecule has 2 aromatic rings. The molecule has 2 rings (SSSR count). The van der Waals surface area contributed by atoms with Gasteiger partial charge in [0.1, 0.15) is 10.7 Å². The summed E-state index contributed by atoms with van der Waals surface area (Å²) >= 11 is 6.00. The van der Waals surface area contributed by atoms with Crippen molar-refractivity contribution in [2.24, 2.45) is 7.05 Å². The van der Waals surface area contributed by atoms with Crippen molar-refractivity contribution in [2.75, 3.05) is 10.5 Å². The van der Waals surface area contributed by atoms with E-state index in [1.807, 2.05) is 0 Å². The second-order valence-corrected chi connectivity index (χ2v) is 6.60. The zero-order valence-electron chi connectivity index (χ0n) is 11.3. The third-order valence-electron chi connectivity index (χ3n) is 2.85. The number of sulfonamides is 1. The lowest BCUT2D eigenvalue weighted by Crippen LogP contribution is -2.16. The van der Waals surface area contributed by atoms with Gasteiger partial charge in [-0.3, -0.25) is 9.40 Å². The summed E-state index contributed by atoms with van der Waals surface area (Å²) < 4.78 is 28.6. The van der Waals surface area contributed by atoms with Gasteiger partial charge < -0.3 is 5.73 Å². The Kier molecular flexibility index (Phi) is 3.66. The van der Waals surface area contributed by atoms with Crippen molar-refractivity contribution in [1.29, 1.82) is 0 Å². The summed E-state index contributed by atoms with van der Waals surface area (Å²) in [7, 11) is -2.17. The zero-order valence-corrected chi connectivity index (χ0v) is 12.9. The number of nitrogens with two attached hydrogens (primary N) is 1. The number of nitrogens with zero attached hydrogens (tertiary/aromatic N) is 2. The Hall–Kier alpha value is -1.73. The predicted octanol–water partition coefficient (Wildman–Crippen LogP) is 2.07. The number of nitrogen functional groups attached to an aromatic ring is 1. The summed E-state index contributed by atoms with van der Waals surface area (Å²) in [5.74, 6) is 0.359. The van der Waals surface area contributed by atoms with Crippen LogP contribution >= 0.6 is 11.6 Å². The molecule has 6 nitrogen and oxygen atoms in total. The maximum absolute atomic E-state index is 12.4. The molecule has 0 aliphatic heterocycles. The van der Waals surface area contributed by atoms with Gasteiger partial charge in [-0.25, -0.2) is 8.42 Å². The predicted molar refractivity (Wildman–Crippen MR) is 79.4 cm³/mol. The van der Waals surface area contributed by atoms with Crippen molar-refractivity contribution in [3.63, 3.8) is 0 Å². The summed E-state index contributed by atoms with van der Waals surface area (Å²) in [6.07, 6.45) is 0. The molecule has 1 heterocycles. The fourth-order valence-corrected chi connectivity index (χ4v) is 3.47. The van der Waals surface area contributed by atoms with Crippen LogP contribution in [0.1, 0.15) is 11.3 Å². The standard InChI is InChI=1S/C12H15ClN4O2S/c1-7-4-9(13)11(6-10(7)14)20(18,19)16-12-5-8(2)15-17(12)3/h4-6,16H,14H2,1-3H3. The second kappa shape index (κ2) is 4.99. The van der Waals surface area contributed by atoms with E-state index in [1.54, 1.807) is 27.0 Å². The van der Waals surface area contributed by atoms with Gasteiger partial charge in [0.25, 0.3) is 10.0 Å². The summed E-state index contributed by atoms with van der Waals surface area (Å²) in [4.78, 5) is -0.0545. The van der Waals surface area contributed by atoms with Crippen LogP contribution in [0.25, 0.3) is 0 Å². The monoisotopic (exact) mass is 314 g/mol. The molecule has 0 saturated carbocycles. The smallest absolute Gasteiger partial charge is 0.264 e. The van der Waals surface area contributed by atoms with Gasteiger partial charge in [-0.1, -0.05) is 11.6 Å². The van der Waals surface area contributed by atoms with E-state index < -0.39 is 10.0 Å². The summed E-state index contributed by atoms with van der Waals surface area (Å²) in [5, 5.41) is 4.20. The van der Waals surface area contributed by atoms with Crippen LogP contribution in [0.15, 0.2) is 23.1 Å². The molecule has 0 atom stereocenters. The number of rotatable bonds is 3. The molecule has 20 heavy (non-hydrogen) atoms. The molecule has 108 valence electrons. The van der Waals surface area contributed by atoms with E-state index in [2.05, 4.69) is 9.82 Å². The Morgan fingerprint density at radius 2 is 1.95 bits per heavy atom. The number of benzene rings is 1. The minimum absolute atomic E-state index is 0.0545. The van der Waals surface area contributed by atoms with E-state index >= 15 is 0 Å². The third-order valence-corrected chi connectivity index (χ3v) is 4.67. The molecule has 0 radical (unpaired) electrons. The highest BCUT2D eigenvalue weighted by Crippen LogP contribution is 2.28. The zero-order chi connectivity index (χ0) is 15.1. The molecule has 1 aromatic carbocycles. The Morgan fingerprint density at radius 3 is 2.50 bits per heavy atom.